The Balaban J connectivity index is 2.88. The molecule has 5 nitrogen and oxygen atoms in total. The highest BCUT2D eigenvalue weighted by molar-refractivity contribution is 5.95. The Morgan fingerprint density at radius 3 is 2.33 bits per heavy atom. The maximum absolute atomic E-state index is 12.0. The number of rotatable bonds is 3. The molecule has 0 unspecified atom stereocenters. The van der Waals surface area contributed by atoms with Crippen LogP contribution in [0.4, 0.5) is 23.7 Å². The van der Waals surface area contributed by atoms with Crippen molar-refractivity contribution in [2.75, 3.05) is 19.0 Å². The van der Waals surface area contributed by atoms with E-state index in [4.69, 9.17) is 0 Å². The van der Waals surface area contributed by atoms with Crippen LogP contribution in [0.15, 0.2) is 12.1 Å². The highest BCUT2D eigenvalue weighted by atomic mass is 19.4. The Morgan fingerprint density at radius 1 is 1.19 bits per heavy atom. The number of benzene rings is 1. The summed E-state index contributed by atoms with van der Waals surface area (Å²) < 4.78 is 40.6. The van der Waals surface area contributed by atoms with Crippen LogP contribution in [0.2, 0.25) is 0 Å². The van der Waals surface area contributed by atoms with Crippen LogP contribution in [0, 0.1) is 13.8 Å². The molecular weight excluding hydrogens is 289 g/mol. The average molecular weight is 304 g/mol. The van der Waals surface area contributed by atoms with E-state index in [-0.39, 0.29) is 11.3 Å². The molecule has 0 aliphatic rings. The van der Waals surface area contributed by atoms with Gasteiger partial charge in [0.05, 0.1) is 12.7 Å². The number of ether oxygens (including phenoxy) is 1. The van der Waals surface area contributed by atoms with E-state index < -0.39 is 24.7 Å². The highest BCUT2D eigenvalue weighted by Gasteiger charge is 2.27. The van der Waals surface area contributed by atoms with E-state index in [9.17, 15) is 22.8 Å². The van der Waals surface area contributed by atoms with Crippen molar-refractivity contribution in [1.82, 2.24) is 5.32 Å². The molecule has 0 heterocycles. The lowest BCUT2D eigenvalue weighted by Crippen LogP contribution is -2.36. The monoisotopic (exact) mass is 304 g/mol. The van der Waals surface area contributed by atoms with E-state index >= 15 is 0 Å². The number of amides is 2. The third kappa shape index (κ3) is 4.97. The van der Waals surface area contributed by atoms with Crippen LogP contribution in [0.25, 0.3) is 0 Å². The molecule has 0 atom stereocenters. The summed E-state index contributed by atoms with van der Waals surface area (Å²) in [6, 6.07) is 1.99. The highest BCUT2D eigenvalue weighted by Crippen LogP contribution is 2.21. The predicted octanol–water partition coefficient (Wildman–Crippen LogP) is 2.77. The van der Waals surface area contributed by atoms with Gasteiger partial charge in [-0.3, -0.25) is 0 Å². The molecule has 1 aromatic rings. The first-order chi connectivity index (χ1) is 9.64. The Kier molecular flexibility index (Phi) is 5.17. The van der Waals surface area contributed by atoms with Gasteiger partial charge in [-0.25, -0.2) is 9.59 Å². The molecule has 116 valence electrons. The van der Waals surface area contributed by atoms with Gasteiger partial charge in [0.2, 0.25) is 0 Å². The normalized spacial score (nSPS) is 11.0. The van der Waals surface area contributed by atoms with Gasteiger partial charge in [0.1, 0.15) is 6.54 Å². The van der Waals surface area contributed by atoms with Gasteiger partial charge >= 0.3 is 18.2 Å². The van der Waals surface area contributed by atoms with Gasteiger partial charge in [-0.15, -0.1) is 0 Å². The minimum atomic E-state index is -4.49. The molecule has 8 heteroatoms. The molecule has 0 fully saturated rings. The largest absolute Gasteiger partial charge is 0.465 e. The van der Waals surface area contributed by atoms with Crippen molar-refractivity contribution in [1.29, 1.82) is 0 Å². The van der Waals surface area contributed by atoms with Gasteiger partial charge < -0.3 is 15.4 Å². The van der Waals surface area contributed by atoms with Crippen LogP contribution in [0.5, 0.6) is 0 Å². The third-order valence-corrected chi connectivity index (χ3v) is 2.67. The topological polar surface area (TPSA) is 67.4 Å². The number of nitrogens with one attached hydrogen (secondary N) is 2. The van der Waals surface area contributed by atoms with Gasteiger partial charge in [-0.05, 0) is 31.0 Å². The summed E-state index contributed by atoms with van der Waals surface area (Å²) >= 11 is 0. The molecule has 0 aliphatic carbocycles. The number of esters is 1. The van der Waals surface area contributed by atoms with Gasteiger partial charge in [0.15, 0.2) is 0 Å². The van der Waals surface area contributed by atoms with Gasteiger partial charge in [0.25, 0.3) is 0 Å². The first kappa shape index (κ1) is 16.8. The lowest BCUT2D eigenvalue weighted by atomic mass is 10.0. The molecule has 2 amide bonds. The summed E-state index contributed by atoms with van der Waals surface area (Å²) in [6.07, 6.45) is -4.49. The van der Waals surface area contributed by atoms with E-state index in [1.165, 1.54) is 13.2 Å². The van der Waals surface area contributed by atoms with Crippen molar-refractivity contribution in [3.8, 4) is 0 Å². The molecule has 2 N–H and O–H groups in total. The first-order valence-corrected chi connectivity index (χ1v) is 5.95. The Hall–Kier alpha value is -2.25. The van der Waals surface area contributed by atoms with Crippen LogP contribution in [0.1, 0.15) is 21.5 Å². The van der Waals surface area contributed by atoms with E-state index in [0.29, 0.717) is 11.1 Å². The maximum atomic E-state index is 12.0. The molecule has 0 radical (unpaired) electrons. The van der Waals surface area contributed by atoms with Gasteiger partial charge in [-0.2, -0.15) is 13.2 Å². The molecule has 1 aromatic carbocycles. The Morgan fingerprint density at radius 2 is 1.81 bits per heavy atom. The third-order valence-electron chi connectivity index (χ3n) is 2.67. The Labute approximate surface area is 119 Å². The molecule has 0 bridgehead atoms. The average Bonchev–Trinajstić information content (AvgIpc) is 2.38. The minimum Gasteiger partial charge on any atom is -0.465 e. The molecule has 0 saturated carbocycles. The summed E-state index contributed by atoms with van der Waals surface area (Å²) in [7, 11) is 1.21. The van der Waals surface area contributed by atoms with E-state index in [1.54, 1.807) is 25.2 Å². The van der Waals surface area contributed by atoms with Crippen molar-refractivity contribution in [2.24, 2.45) is 0 Å². The fraction of sp³-hybridized carbons (Fsp3) is 0.385. The van der Waals surface area contributed by atoms with Gasteiger partial charge in [-0.1, -0.05) is 6.07 Å². The van der Waals surface area contributed by atoms with E-state index in [1.807, 2.05) is 0 Å². The summed E-state index contributed by atoms with van der Waals surface area (Å²) in [5.74, 6) is -0.591. The second kappa shape index (κ2) is 6.47. The summed E-state index contributed by atoms with van der Waals surface area (Å²) in [4.78, 5) is 23.0. The minimum absolute atomic E-state index is 0.231. The SMILES string of the molecule is COC(=O)c1cc(NC(=O)NCC(F)(F)F)c(C)cc1C. The molecule has 0 saturated heterocycles. The first-order valence-electron chi connectivity index (χ1n) is 5.95. The number of alkyl halides is 3. The molecule has 1 rings (SSSR count). The summed E-state index contributed by atoms with van der Waals surface area (Å²) in [5.41, 5.74) is 1.72. The number of hydrogen-bond acceptors (Lipinski definition) is 3. The Bertz CT molecular complexity index is 556. The number of hydrogen-bond donors (Lipinski definition) is 2. The van der Waals surface area contributed by atoms with Crippen molar-refractivity contribution in [2.45, 2.75) is 20.0 Å². The molecule has 21 heavy (non-hydrogen) atoms. The zero-order valence-corrected chi connectivity index (χ0v) is 11.7. The summed E-state index contributed by atoms with van der Waals surface area (Å²) in [6.45, 7) is 1.91. The quantitative estimate of drug-likeness (QED) is 0.844. The predicted molar refractivity (Wildman–Crippen MR) is 70.3 cm³/mol. The van der Waals surface area contributed by atoms with Crippen molar-refractivity contribution < 1.29 is 27.5 Å². The van der Waals surface area contributed by atoms with Crippen LogP contribution in [-0.2, 0) is 4.74 Å². The van der Waals surface area contributed by atoms with Crippen LogP contribution >= 0.6 is 0 Å². The molecule has 0 aromatic heterocycles. The zero-order valence-electron chi connectivity index (χ0n) is 11.7. The zero-order chi connectivity index (χ0) is 16.2. The number of carbonyl (C=O) groups is 2. The maximum Gasteiger partial charge on any atom is 0.405 e. The molecular formula is C13H15F3N2O3. The number of urea groups is 1. The lowest BCUT2D eigenvalue weighted by molar-refractivity contribution is -0.122. The van der Waals surface area contributed by atoms with Crippen LogP contribution in [-0.4, -0.2) is 31.8 Å². The fourth-order valence-corrected chi connectivity index (χ4v) is 1.66. The van der Waals surface area contributed by atoms with E-state index in [2.05, 4.69) is 10.1 Å². The number of carbonyl (C=O) groups excluding carboxylic acids is 2. The second-order valence-electron chi connectivity index (χ2n) is 4.40. The summed E-state index contributed by atoms with van der Waals surface area (Å²) in [5, 5.41) is 3.96. The van der Waals surface area contributed by atoms with Gasteiger partial charge in [0, 0.05) is 5.69 Å². The van der Waals surface area contributed by atoms with Crippen LogP contribution in [0.3, 0.4) is 0 Å². The standard InChI is InChI=1S/C13H15F3N2O3/c1-7-4-8(2)10(5-9(7)11(19)21-3)18-12(20)17-6-13(14,15)16/h4-5H,6H2,1-3H3,(H2,17,18,20). The lowest BCUT2D eigenvalue weighted by Gasteiger charge is -2.13. The number of methoxy groups -OCH3 is 1. The number of anilines is 1. The van der Waals surface area contributed by atoms with Crippen LogP contribution < -0.4 is 10.6 Å². The molecule has 0 spiro atoms. The van der Waals surface area contributed by atoms with Crippen molar-refractivity contribution in [3.05, 3.63) is 28.8 Å². The van der Waals surface area contributed by atoms with Crippen molar-refractivity contribution >= 4 is 17.7 Å². The second-order valence-corrected chi connectivity index (χ2v) is 4.40. The van der Waals surface area contributed by atoms with E-state index in [0.717, 1.165) is 0 Å². The fourth-order valence-electron chi connectivity index (χ4n) is 1.66. The number of aryl methyl sites for hydroxylation is 2. The number of halogens is 3. The smallest absolute Gasteiger partial charge is 0.405 e. The molecule has 0 aliphatic heterocycles. The van der Waals surface area contributed by atoms with Crippen molar-refractivity contribution in [3.63, 3.8) is 0 Å².